The summed E-state index contributed by atoms with van der Waals surface area (Å²) in [4.78, 5) is 23.2. The lowest BCUT2D eigenvalue weighted by Gasteiger charge is -2.24. The number of rotatable bonds is 6. The molecular weight excluding hydrogens is 403 g/mol. The van der Waals surface area contributed by atoms with E-state index in [0.717, 1.165) is 4.31 Å². The van der Waals surface area contributed by atoms with Crippen molar-refractivity contribution in [2.24, 2.45) is 5.73 Å². The van der Waals surface area contributed by atoms with Crippen LogP contribution in [-0.2, 0) is 19.6 Å². The van der Waals surface area contributed by atoms with Gasteiger partial charge in [-0.15, -0.1) is 0 Å². The van der Waals surface area contributed by atoms with E-state index in [2.05, 4.69) is 5.32 Å². The number of halogens is 2. The molecular formula is C15H16Cl2N4O4S. The van der Waals surface area contributed by atoms with E-state index < -0.39 is 33.9 Å². The van der Waals surface area contributed by atoms with Crippen LogP contribution in [0.25, 0.3) is 0 Å². The summed E-state index contributed by atoms with van der Waals surface area (Å²) >= 11 is 11.8. The normalized spacial score (nSPS) is 18.9. The van der Waals surface area contributed by atoms with Gasteiger partial charge < -0.3 is 11.1 Å². The van der Waals surface area contributed by atoms with Crippen molar-refractivity contribution in [1.82, 2.24) is 9.62 Å². The summed E-state index contributed by atoms with van der Waals surface area (Å²) < 4.78 is 26.8. The molecule has 11 heteroatoms. The number of sulfonamides is 1. The fourth-order valence-corrected chi connectivity index (χ4v) is 5.10. The maximum Gasteiger partial charge on any atom is 0.245 e. The van der Waals surface area contributed by atoms with E-state index in [-0.39, 0.29) is 34.3 Å². The first-order chi connectivity index (χ1) is 12.2. The number of primary amides is 1. The molecule has 0 saturated carbocycles. The van der Waals surface area contributed by atoms with Crippen LogP contribution in [-0.4, -0.2) is 43.2 Å². The van der Waals surface area contributed by atoms with Crippen molar-refractivity contribution in [3.63, 3.8) is 0 Å². The largest absolute Gasteiger partial charge is 0.370 e. The number of nitrogens with zero attached hydrogens (tertiary/aromatic N) is 2. The fraction of sp³-hybridized carbons (Fsp3) is 0.400. The number of nitrogens with one attached hydrogen (secondary N) is 1. The summed E-state index contributed by atoms with van der Waals surface area (Å²) in [5.74, 6) is -1.41. The zero-order valence-corrected chi connectivity index (χ0v) is 15.8. The maximum absolute atomic E-state index is 12.9. The molecule has 8 nitrogen and oxygen atoms in total. The molecule has 0 aliphatic carbocycles. The Balaban J connectivity index is 2.25. The predicted octanol–water partition coefficient (Wildman–Crippen LogP) is 1.03. The van der Waals surface area contributed by atoms with Crippen molar-refractivity contribution < 1.29 is 18.0 Å². The van der Waals surface area contributed by atoms with Gasteiger partial charge in [-0.1, -0.05) is 23.2 Å². The third-order valence-corrected chi connectivity index (χ3v) is 6.49. The highest BCUT2D eigenvalue weighted by Gasteiger charge is 2.40. The molecule has 0 spiro atoms. The topological polar surface area (TPSA) is 133 Å². The van der Waals surface area contributed by atoms with Crippen molar-refractivity contribution >= 4 is 45.0 Å². The van der Waals surface area contributed by atoms with Crippen LogP contribution in [0.4, 0.5) is 0 Å². The number of carbonyl (C=O) groups excluding carboxylic acids is 2. The summed E-state index contributed by atoms with van der Waals surface area (Å²) in [5, 5.41) is 11.6. The minimum atomic E-state index is -4.04. The average Bonchev–Trinajstić information content (AvgIpc) is 3.03. The highest BCUT2D eigenvalue weighted by molar-refractivity contribution is 7.89. The Morgan fingerprint density at radius 3 is 2.69 bits per heavy atom. The molecule has 2 atom stereocenters. The van der Waals surface area contributed by atoms with Crippen LogP contribution < -0.4 is 11.1 Å². The average molecular weight is 419 g/mol. The van der Waals surface area contributed by atoms with Crippen LogP contribution in [0.15, 0.2) is 23.1 Å². The van der Waals surface area contributed by atoms with Crippen molar-refractivity contribution in [1.29, 1.82) is 5.26 Å². The standard InChI is InChI=1S/C15H16Cl2N4O4S/c16-9-3-4-13(11(17)6-9)26(24,25)21-5-1-2-12(21)15(23)20-10(8-18)7-14(19)22/h3-4,6,10,12H,1-2,5,7H2,(H2,19,22)(H,20,23)/t10-,12-/m0/s1. The Morgan fingerprint density at radius 2 is 2.12 bits per heavy atom. The summed E-state index contributed by atoms with van der Waals surface area (Å²) in [6, 6.07) is 3.60. The van der Waals surface area contributed by atoms with Crippen LogP contribution >= 0.6 is 23.2 Å². The highest BCUT2D eigenvalue weighted by Crippen LogP contribution is 2.31. The molecule has 1 aliphatic heterocycles. The minimum absolute atomic E-state index is 0.0489. The highest BCUT2D eigenvalue weighted by atomic mass is 35.5. The second-order valence-electron chi connectivity index (χ2n) is 5.71. The van der Waals surface area contributed by atoms with Crippen molar-refractivity contribution in [2.75, 3.05) is 6.54 Å². The quantitative estimate of drug-likeness (QED) is 0.711. The summed E-state index contributed by atoms with van der Waals surface area (Å²) in [7, 11) is -4.04. The van der Waals surface area contributed by atoms with Gasteiger partial charge in [-0.05, 0) is 31.0 Å². The first-order valence-electron chi connectivity index (χ1n) is 7.62. The lowest BCUT2D eigenvalue weighted by Crippen LogP contribution is -2.49. The molecule has 0 bridgehead atoms. The molecule has 1 heterocycles. The lowest BCUT2D eigenvalue weighted by atomic mass is 10.1. The minimum Gasteiger partial charge on any atom is -0.370 e. The number of carbonyl (C=O) groups is 2. The molecule has 2 amide bonds. The molecule has 0 radical (unpaired) electrons. The first-order valence-corrected chi connectivity index (χ1v) is 9.81. The van der Waals surface area contributed by atoms with Gasteiger partial charge in [-0.2, -0.15) is 9.57 Å². The Kier molecular flexibility index (Phi) is 6.47. The van der Waals surface area contributed by atoms with Gasteiger partial charge in [-0.25, -0.2) is 8.42 Å². The monoisotopic (exact) mass is 418 g/mol. The predicted molar refractivity (Wildman–Crippen MR) is 94.7 cm³/mol. The molecule has 2 rings (SSSR count). The van der Waals surface area contributed by atoms with Gasteiger partial charge in [0.15, 0.2) is 0 Å². The summed E-state index contributed by atoms with van der Waals surface area (Å²) in [5.41, 5.74) is 5.03. The second-order valence-corrected chi connectivity index (χ2v) is 8.41. The van der Waals surface area contributed by atoms with Gasteiger partial charge in [0, 0.05) is 11.6 Å². The molecule has 0 aromatic heterocycles. The van der Waals surface area contributed by atoms with Crippen LogP contribution in [0.3, 0.4) is 0 Å². The van der Waals surface area contributed by atoms with Crippen molar-refractivity contribution in [2.45, 2.75) is 36.2 Å². The van der Waals surface area contributed by atoms with Crippen LogP contribution in [0, 0.1) is 11.3 Å². The van der Waals surface area contributed by atoms with E-state index in [1.807, 2.05) is 0 Å². The Labute approximate surface area is 160 Å². The second kappa shape index (κ2) is 8.22. The number of hydrogen-bond acceptors (Lipinski definition) is 5. The smallest absolute Gasteiger partial charge is 0.245 e. The van der Waals surface area contributed by atoms with Crippen molar-refractivity contribution in [3.8, 4) is 6.07 Å². The molecule has 1 saturated heterocycles. The molecule has 140 valence electrons. The maximum atomic E-state index is 12.9. The SMILES string of the molecule is N#C[C@H](CC(N)=O)NC(=O)[C@@H]1CCCN1S(=O)(=O)c1ccc(Cl)cc1Cl. The third-order valence-electron chi connectivity index (χ3n) is 3.86. The van der Waals surface area contributed by atoms with E-state index in [1.54, 1.807) is 6.07 Å². The van der Waals surface area contributed by atoms with Gasteiger partial charge in [0.1, 0.15) is 17.0 Å². The van der Waals surface area contributed by atoms with E-state index in [9.17, 15) is 18.0 Å². The first kappa shape index (κ1) is 20.5. The fourth-order valence-electron chi connectivity index (χ4n) is 2.70. The molecule has 1 aliphatic rings. The van der Waals surface area contributed by atoms with Gasteiger partial charge in [0.05, 0.1) is 17.5 Å². The number of nitrogens with two attached hydrogens (primary N) is 1. The molecule has 3 N–H and O–H groups in total. The van der Waals surface area contributed by atoms with E-state index in [1.165, 1.54) is 18.2 Å². The van der Waals surface area contributed by atoms with Gasteiger partial charge >= 0.3 is 0 Å². The summed E-state index contributed by atoms with van der Waals surface area (Å²) in [6.45, 7) is 0.131. The van der Waals surface area contributed by atoms with E-state index in [0.29, 0.717) is 6.42 Å². The number of benzene rings is 1. The zero-order chi connectivity index (χ0) is 19.5. The third kappa shape index (κ3) is 4.45. The molecule has 1 fully saturated rings. The molecule has 26 heavy (non-hydrogen) atoms. The van der Waals surface area contributed by atoms with Crippen LogP contribution in [0.5, 0.6) is 0 Å². The summed E-state index contributed by atoms with van der Waals surface area (Å²) in [6.07, 6.45) is 0.394. The molecule has 0 unspecified atom stereocenters. The number of amides is 2. The van der Waals surface area contributed by atoms with Gasteiger partial charge in [0.25, 0.3) is 0 Å². The van der Waals surface area contributed by atoms with Gasteiger partial charge in [0.2, 0.25) is 21.8 Å². The molecule has 1 aromatic rings. The number of hydrogen-bond donors (Lipinski definition) is 2. The van der Waals surface area contributed by atoms with Crippen LogP contribution in [0.1, 0.15) is 19.3 Å². The number of nitriles is 1. The zero-order valence-electron chi connectivity index (χ0n) is 13.5. The van der Waals surface area contributed by atoms with E-state index in [4.69, 9.17) is 34.2 Å². The Hall–Kier alpha value is -1.86. The Morgan fingerprint density at radius 1 is 1.42 bits per heavy atom. The lowest BCUT2D eigenvalue weighted by molar-refractivity contribution is -0.125. The molecule has 1 aromatic carbocycles. The van der Waals surface area contributed by atoms with Crippen LogP contribution in [0.2, 0.25) is 10.0 Å². The Bertz CT molecular complexity index is 869. The van der Waals surface area contributed by atoms with Gasteiger partial charge in [-0.3, -0.25) is 9.59 Å². The van der Waals surface area contributed by atoms with Crippen molar-refractivity contribution in [3.05, 3.63) is 28.2 Å². The van der Waals surface area contributed by atoms with E-state index >= 15 is 0 Å².